The number of imidazole rings is 1. The Morgan fingerprint density at radius 3 is 2.71 bits per heavy atom. The summed E-state index contributed by atoms with van der Waals surface area (Å²) >= 11 is 5.05. The van der Waals surface area contributed by atoms with Gasteiger partial charge in [-0.3, -0.25) is 4.79 Å². The van der Waals surface area contributed by atoms with Crippen molar-refractivity contribution in [3.8, 4) is 5.69 Å². The first-order valence-corrected chi connectivity index (χ1v) is 9.15. The second kappa shape index (κ2) is 7.05. The predicted molar refractivity (Wildman–Crippen MR) is 108 cm³/mol. The number of hydrogen-bond donors (Lipinski definition) is 3. The number of aromatic amines is 2. The summed E-state index contributed by atoms with van der Waals surface area (Å²) in [6, 6.07) is 12.3. The van der Waals surface area contributed by atoms with E-state index in [4.69, 9.17) is 12.2 Å². The highest BCUT2D eigenvalue weighted by Gasteiger charge is 2.17. The van der Waals surface area contributed by atoms with Crippen molar-refractivity contribution in [2.75, 3.05) is 0 Å². The van der Waals surface area contributed by atoms with Crippen LogP contribution in [-0.2, 0) is 6.54 Å². The molecule has 0 bridgehead atoms. The topological polar surface area (TPSA) is 78.5 Å². The third-order valence-corrected chi connectivity index (χ3v) is 4.91. The molecule has 8 heteroatoms. The van der Waals surface area contributed by atoms with E-state index in [9.17, 15) is 9.18 Å². The monoisotopic (exact) mass is 395 g/mol. The quantitative estimate of drug-likeness (QED) is 0.455. The molecular weight excluding hydrogens is 377 g/mol. The molecule has 2 aromatic carbocycles. The molecule has 0 aliphatic rings. The Hall–Kier alpha value is -3.26. The van der Waals surface area contributed by atoms with Gasteiger partial charge in [0.2, 0.25) is 0 Å². The van der Waals surface area contributed by atoms with Crippen LogP contribution in [0.3, 0.4) is 0 Å². The largest absolute Gasteiger partial charge is 0.348 e. The highest BCUT2D eigenvalue weighted by molar-refractivity contribution is 7.71. The Kier molecular flexibility index (Phi) is 4.56. The average molecular weight is 395 g/mol. The summed E-state index contributed by atoms with van der Waals surface area (Å²) in [7, 11) is 0. The standard InChI is InChI=1S/C20H18FN5OS/c1-11-16(12(2)26(25-11)14-6-4-3-5-7-14)10-22-19(27)15-8-13(21)9-17-18(15)24-20(28)23-17/h3-9H,10H2,1-2H3,(H,22,27)(H2,23,24,28). The molecule has 6 nitrogen and oxygen atoms in total. The number of benzene rings is 2. The zero-order chi connectivity index (χ0) is 19.8. The molecule has 4 aromatic rings. The fourth-order valence-electron chi connectivity index (χ4n) is 3.30. The normalized spacial score (nSPS) is 11.1. The van der Waals surface area contributed by atoms with Gasteiger partial charge in [0, 0.05) is 17.8 Å². The summed E-state index contributed by atoms with van der Waals surface area (Å²) in [4.78, 5) is 18.5. The Bertz CT molecular complexity index is 1240. The third-order valence-electron chi connectivity index (χ3n) is 4.70. The van der Waals surface area contributed by atoms with Crippen LogP contribution in [0.1, 0.15) is 27.3 Å². The van der Waals surface area contributed by atoms with Gasteiger partial charge in [0.25, 0.3) is 5.91 Å². The number of carbonyl (C=O) groups excluding carboxylic acids is 1. The van der Waals surface area contributed by atoms with E-state index in [1.54, 1.807) is 0 Å². The molecule has 0 atom stereocenters. The SMILES string of the molecule is Cc1nn(-c2ccccc2)c(C)c1CNC(=O)c1cc(F)cc2[nH]c(=S)[nH]c12. The Morgan fingerprint density at radius 1 is 1.21 bits per heavy atom. The number of para-hydroxylation sites is 1. The molecule has 0 fully saturated rings. The van der Waals surface area contributed by atoms with Crippen LogP contribution in [-0.4, -0.2) is 25.7 Å². The van der Waals surface area contributed by atoms with E-state index in [2.05, 4.69) is 20.4 Å². The maximum Gasteiger partial charge on any atom is 0.253 e. The van der Waals surface area contributed by atoms with Crippen molar-refractivity contribution in [3.63, 3.8) is 0 Å². The minimum Gasteiger partial charge on any atom is -0.348 e. The molecule has 0 unspecified atom stereocenters. The second-order valence-electron chi connectivity index (χ2n) is 6.53. The Labute approximate surface area is 165 Å². The average Bonchev–Trinajstić information content (AvgIpc) is 3.18. The van der Waals surface area contributed by atoms with Crippen LogP contribution >= 0.6 is 12.2 Å². The number of hydrogen-bond acceptors (Lipinski definition) is 3. The highest BCUT2D eigenvalue weighted by Crippen LogP contribution is 2.20. The first-order chi connectivity index (χ1) is 13.4. The number of fused-ring (bicyclic) bond motifs is 1. The van der Waals surface area contributed by atoms with Crippen LogP contribution in [0.25, 0.3) is 16.7 Å². The van der Waals surface area contributed by atoms with Crippen LogP contribution < -0.4 is 5.32 Å². The minimum absolute atomic E-state index is 0.202. The number of rotatable bonds is 4. The van der Waals surface area contributed by atoms with Gasteiger partial charge < -0.3 is 15.3 Å². The van der Waals surface area contributed by atoms with Crippen molar-refractivity contribution in [3.05, 3.63) is 75.6 Å². The van der Waals surface area contributed by atoms with Crippen LogP contribution in [0.4, 0.5) is 4.39 Å². The molecule has 0 aliphatic carbocycles. The van der Waals surface area contributed by atoms with Crippen molar-refractivity contribution in [1.82, 2.24) is 25.1 Å². The summed E-state index contributed by atoms with van der Waals surface area (Å²) in [6.07, 6.45) is 0. The van der Waals surface area contributed by atoms with E-state index < -0.39 is 5.82 Å². The Balaban J connectivity index is 1.61. The zero-order valence-corrected chi connectivity index (χ0v) is 16.2. The summed E-state index contributed by atoms with van der Waals surface area (Å²) in [5.74, 6) is -0.895. The van der Waals surface area contributed by atoms with Crippen molar-refractivity contribution in [2.24, 2.45) is 0 Å². The third kappa shape index (κ3) is 3.22. The lowest BCUT2D eigenvalue weighted by Crippen LogP contribution is -2.24. The van der Waals surface area contributed by atoms with E-state index in [1.165, 1.54) is 12.1 Å². The second-order valence-corrected chi connectivity index (χ2v) is 6.94. The van der Waals surface area contributed by atoms with Gasteiger partial charge in [0.1, 0.15) is 5.82 Å². The first kappa shape index (κ1) is 18.1. The molecule has 0 spiro atoms. The molecule has 0 aliphatic heterocycles. The number of amides is 1. The van der Waals surface area contributed by atoms with Crippen molar-refractivity contribution in [1.29, 1.82) is 0 Å². The number of H-pyrrole nitrogens is 2. The lowest BCUT2D eigenvalue weighted by atomic mass is 10.1. The molecule has 0 radical (unpaired) electrons. The molecule has 4 rings (SSSR count). The number of nitrogens with zero attached hydrogens (tertiary/aromatic N) is 2. The lowest BCUT2D eigenvalue weighted by Gasteiger charge is -2.08. The van der Waals surface area contributed by atoms with Crippen LogP contribution in [0.2, 0.25) is 0 Å². The molecule has 1 amide bonds. The van der Waals surface area contributed by atoms with Crippen LogP contribution in [0.15, 0.2) is 42.5 Å². The Morgan fingerprint density at radius 2 is 1.96 bits per heavy atom. The first-order valence-electron chi connectivity index (χ1n) is 8.74. The van der Waals surface area contributed by atoms with E-state index in [-0.39, 0.29) is 18.0 Å². The maximum atomic E-state index is 13.9. The number of nitrogens with one attached hydrogen (secondary N) is 3. The smallest absolute Gasteiger partial charge is 0.253 e. The van der Waals surface area contributed by atoms with Gasteiger partial charge in [-0.05, 0) is 50.3 Å². The van der Waals surface area contributed by atoms with Gasteiger partial charge in [-0.2, -0.15) is 5.10 Å². The molecular formula is C20H18FN5OS. The van der Waals surface area contributed by atoms with E-state index in [1.807, 2.05) is 48.9 Å². The summed E-state index contributed by atoms with van der Waals surface area (Å²) in [6.45, 7) is 4.14. The summed E-state index contributed by atoms with van der Waals surface area (Å²) in [5.41, 5.74) is 4.78. The molecule has 0 saturated carbocycles. The van der Waals surface area contributed by atoms with Crippen molar-refractivity contribution in [2.45, 2.75) is 20.4 Å². The fourth-order valence-corrected chi connectivity index (χ4v) is 3.51. The van der Waals surface area contributed by atoms with Gasteiger partial charge in [-0.15, -0.1) is 0 Å². The maximum absolute atomic E-state index is 13.9. The molecule has 0 saturated heterocycles. The highest BCUT2D eigenvalue weighted by atomic mass is 32.1. The number of halogens is 1. The number of aromatic nitrogens is 4. The van der Waals surface area contributed by atoms with Gasteiger partial charge in [-0.25, -0.2) is 9.07 Å². The van der Waals surface area contributed by atoms with Gasteiger partial charge in [0.15, 0.2) is 4.77 Å². The van der Waals surface area contributed by atoms with Crippen LogP contribution in [0, 0.1) is 24.4 Å². The molecule has 2 heterocycles. The van der Waals surface area contributed by atoms with Crippen molar-refractivity contribution < 1.29 is 9.18 Å². The number of carbonyl (C=O) groups is 1. The number of aryl methyl sites for hydroxylation is 1. The molecule has 3 N–H and O–H groups in total. The summed E-state index contributed by atoms with van der Waals surface area (Å²) in [5, 5.41) is 7.44. The summed E-state index contributed by atoms with van der Waals surface area (Å²) < 4.78 is 16.1. The predicted octanol–water partition coefficient (Wildman–Crippen LogP) is 4.10. The van der Waals surface area contributed by atoms with E-state index in [0.29, 0.717) is 15.8 Å². The fraction of sp³-hybridized carbons (Fsp3) is 0.150. The van der Waals surface area contributed by atoms with E-state index >= 15 is 0 Å². The molecule has 28 heavy (non-hydrogen) atoms. The lowest BCUT2D eigenvalue weighted by molar-refractivity contribution is 0.0952. The molecule has 142 valence electrons. The zero-order valence-electron chi connectivity index (χ0n) is 15.3. The van der Waals surface area contributed by atoms with Crippen LogP contribution in [0.5, 0.6) is 0 Å². The van der Waals surface area contributed by atoms with Gasteiger partial charge in [-0.1, -0.05) is 18.2 Å². The minimum atomic E-state index is -0.507. The van der Waals surface area contributed by atoms with Gasteiger partial charge >= 0.3 is 0 Å². The van der Waals surface area contributed by atoms with Gasteiger partial charge in [0.05, 0.1) is 28.0 Å². The van der Waals surface area contributed by atoms with E-state index in [0.717, 1.165) is 22.6 Å². The van der Waals surface area contributed by atoms with Crippen molar-refractivity contribution >= 4 is 29.2 Å². The molecule has 2 aromatic heterocycles.